The zero-order valence-electron chi connectivity index (χ0n) is 7.00. The first-order valence-corrected chi connectivity index (χ1v) is 5.46. The minimum atomic E-state index is -0.293. The molecule has 0 saturated carbocycles. The molecule has 1 heterocycles. The molecular weight excluding hydrogens is 267 g/mol. The lowest BCUT2D eigenvalue weighted by molar-refractivity contribution is 0.631. The Balaban J connectivity index is 2.60. The average Bonchev–Trinajstić information content (AvgIpc) is 2.46. The third-order valence-electron chi connectivity index (χ3n) is 1.73. The summed E-state index contributed by atoms with van der Waals surface area (Å²) in [5.41, 5.74) is 6.55. The molecule has 72 valence electrons. The van der Waals surface area contributed by atoms with E-state index in [2.05, 4.69) is 20.9 Å². The number of hydrogen-bond donors (Lipinski definition) is 1. The number of aromatic nitrogens is 1. The van der Waals surface area contributed by atoms with Gasteiger partial charge < -0.3 is 5.73 Å². The molecule has 0 radical (unpaired) electrons. The van der Waals surface area contributed by atoms with Gasteiger partial charge in [0.15, 0.2) is 5.13 Å². The summed E-state index contributed by atoms with van der Waals surface area (Å²) >= 11 is 4.59. The Morgan fingerprint density at radius 2 is 2.07 bits per heavy atom. The fraction of sp³-hybridized carbons (Fsp3) is 0. The number of nitrogens with zero attached hydrogens (tertiary/aromatic N) is 1. The lowest BCUT2D eigenvalue weighted by Gasteiger charge is -1.98. The molecule has 0 aliphatic rings. The number of benzene rings is 1. The van der Waals surface area contributed by atoms with Crippen LogP contribution in [0.4, 0.5) is 9.52 Å². The second kappa shape index (κ2) is 3.67. The molecule has 1 aromatic carbocycles. The van der Waals surface area contributed by atoms with Crippen LogP contribution in [-0.4, -0.2) is 4.98 Å². The first-order valence-electron chi connectivity index (χ1n) is 3.85. The summed E-state index contributed by atoms with van der Waals surface area (Å²) in [6.07, 6.45) is 0. The van der Waals surface area contributed by atoms with Crippen molar-refractivity contribution >= 4 is 32.4 Å². The van der Waals surface area contributed by atoms with Crippen LogP contribution in [0, 0.1) is 5.82 Å². The lowest BCUT2D eigenvalue weighted by Crippen LogP contribution is -1.86. The summed E-state index contributed by atoms with van der Waals surface area (Å²) in [6.45, 7) is 0. The van der Waals surface area contributed by atoms with Crippen molar-refractivity contribution in [3.63, 3.8) is 0 Å². The van der Waals surface area contributed by atoms with Gasteiger partial charge in [0.05, 0.1) is 3.79 Å². The second-order valence-electron chi connectivity index (χ2n) is 2.65. The van der Waals surface area contributed by atoms with Crippen molar-refractivity contribution in [3.05, 3.63) is 33.9 Å². The molecule has 0 spiro atoms. The predicted molar refractivity (Wildman–Crippen MR) is 59.6 cm³/mol. The fourth-order valence-electron chi connectivity index (χ4n) is 1.14. The van der Waals surface area contributed by atoms with Crippen LogP contribution >= 0.6 is 27.3 Å². The Hall–Kier alpha value is -0.940. The number of nitrogen functional groups attached to an aromatic ring is 1. The summed E-state index contributed by atoms with van der Waals surface area (Å²) in [6, 6.07) is 6.48. The highest BCUT2D eigenvalue weighted by molar-refractivity contribution is 9.11. The SMILES string of the molecule is Nc1nc(-c2ccccc2F)c(Br)s1. The average molecular weight is 273 g/mol. The Bertz CT molecular complexity index is 470. The number of rotatable bonds is 1. The first-order chi connectivity index (χ1) is 6.68. The van der Waals surface area contributed by atoms with E-state index < -0.39 is 0 Å². The number of nitrogens with two attached hydrogens (primary N) is 1. The Morgan fingerprint density at radius 1 is 1.36 bits per heavy atom. The molecule has 0 saturated heterocycles. The van der Waals surface area contributed by atoms with E-state index in [1.165, 1.54) is 17.4 Å². The normalized spacial score (nSPS) is 10.4. The summed E-state index contributed by atoms with van der Waals surface area (Å²) in [7, 11) is 0. The van der Waals surface area contributed by atoms with Crippen LogP contribution in [0.5, 0.6) is 0 Å². The smallest absolute Gasteiger partial charge is 0.181 e. The van der Waals surface area contributed by atoms with Gasteiger partial charge in [0.25, 0.3) is 0 Å². The van der Waals surface area contributed by atoms with Gasteiger partial charge in [0.2, 0.25) is 0 Å². The van der Waals surface area contributed by atoms with Gasteiger partial charge in [-0.05, 0) is 28.1 Å². The van der Waals surface area contributed by atoms with E-state index in [-0.39, 0.29) is 5.82 Å². The monoisotopic (exact) mass is 272 g/mol. The highest BCUT2D eigenvalue weighted by atomic mass is 79.9. The third-order valence-corrected chi connectivity index (χ3v) is 3.27. The standard InChI is InChI=1S/C9H6BrFN2S/c10-8-7(13-9(12)14-8)5-3-1-2-4-6(5)11/h1-4H,(H2,12,13). The van der Waals surface area contributed by atoms with E-state index in [4.69, 9.17) is 5.73 Å². The number of thiazole rings is 1. The van der Waals surface area contributed by atoms with Crippen molar-refractivity contribution in [2.75, 3.05) is 5.73 Å². The largest absolute Gasteiger partial charge is 0.375 e. The molecule has 0 unspecified atom stereocenters. The Labute approximate surface area is 92.7 Å². The summed E-state index contributed by atoms with van der Waals surface area (Å²) in [5, 5.41) is 0.426. The quantitative estimate of drug-likeness (QED) is 0.865. The van der Waals surface area contributed by atoms with E-state index in [0.29, 0.717) is 16.4 Å². The van der Waals surface area contributed by atoms with Crippen molar-refractivity contribution in [2.45, 2.75) is 0 Å². The molecule has 2 aromatic rings. The number of anilines is 1. The van der Waals surface area contributed by atoms with Crippen LogP contribution in [0.3, 0.4) is 0 Å². The molecule has 0 aliphatic carbocycles. The van der Waals surface area contributed by atoms with Crippen LogP contribution in [-0.2, 0) is 0 Å². The van der Waals surface area contributed by atoms with E-state index in [1.54, 1.807) is 18.2 Å². The van der Waals surface area contributed by atoms with Gasteiger partial charge in [-0.2, -0.15) is 0 Å². The van der Waals surface area contributed by atoms with Crippen molar-refractivity contribution in [2.24, 2.45) is 0 Å². The minimum Gasteiger partial charge on any atom is -0.375 e. The molecule has 0 atom stereocenters. The predicted octanol–water partition coefficient (Wildman–Crippen LogP) is 3.29. The van der Waals surface area contributed by atoms with E-state index in [0.717, 1.165) is 3.79 Å². The molecule has 0 fully saturated rings. The van der Waals surface area contributed by atoms with Gasteiger partial charge in [-0.3, -0.25) is 0 Å². The first kappa shape index (κ1) is 9.61. The van der Waals surface area contributed by atoms with Crippen molar-refractivity contribution in [1.82, 2.24) is 4.98 Å². The number of halogens is 2. The highest BCUT2D eigenvalue weighted by Gasteiger charge is 2.12. The molecule has 0 aliphatic heterocycles. The van der Waals surface area contributed by atoms with Crippen LogP contribution in [0.15, 0.2) is 28.1 Å². The molecule has 0 bridgehead atoms. The molecule has 2 N–H and O–H groups in total. The molecule has 0 amide bonds. The van der Waals surface area contributed by atoms with Crippen molar-refractivity contribution < 1.29 is 4.39 Å². The van der Waals surface area contributed by atoms with Crippen molar-refractivity contribution in [1.29, 1.82) is 0 Å². The zero-order chi connectivity index (χ0) is 10.1. The lowest BCUT2D eigenvalue weighted by atomic mass is 10.2. The minimum absolute atomic E-state index is 0.293. The summed E-state index contributed by atoms with van der Waals surface area (Å²) in [4.78, 5) is 4.05. The second-order valence-corrected chi connectivity index (χ2v) is 5.00. The zero-order valence-corrected chi connectivity index (χ0v) is 9.40. The van der Waals surface area contributed by atoms with Crippen LogP contribution in [0.25, 0.3) is 11.3 Å². The fourth-order valence-corrected chi connectivity index (χ4v) is 2.51. The maximum atomic E-state index is 13.4. The van der Waals surface area contributed by atoms with Gasteiger partial charge in [-0.25, -0.2) is 9.37 Å². The van der Waals surface area contributed by atoms with Crippen LogP contribution in [0.1, 0.15) is 0 Å². The van der Waals surface area contributed by atoms with Gasteiger partial charge in [-0.1, -0.05) is 23.5 Å². The number of hydrogen-bond acceptors (Lipinski definition) is 3. The molecule has 2 nitrogen and oxygen atoms in total. The van der Waals surface area contributed by atoms with Crippen LogP contribution < -0.4 is 5.73 Å². The molecule has 14 heavy (non-hydrogen) atoms. The molecule has 2 rings (SSSR count). The van der Waals surface area contributed by atoms with E-state index >= 15 is 0 Å². The summed E-state index contributed by atoms with van der Waals surface area (Å²) in [5.74, 6) is -0.293. The molecular formula is C9H6BrFN2S. The van der Waals surface area contributed by atoms with E-state index in [9.17, 15) is 4.39 Å². The third kappa shape index (κ3) is 1.65. The van der Waals surface area contributed by atoms with Gasteiger partial charge in [-0.15, -0.1) is 0 Å². The highest BCUT2D eigenvalue weighted by Crippen LogP contribution is 2.35. The van der Waals surface area contributed by atoms with Gasteiger partial charge in [0.1, 0.15) is 11.5 Å². The Kier molecular flexibility index (Phi) is 2.52. The molecule has 1 aromatic heterocycles. The van der Waals surface area contributed by atoms with Crippen molar-refractivity contribution in [3.8, 4) is 11.3 Å². The van der Waals surface area contributed by atoms with E-state index in [1.807, 2.05) is 0 Å². The van der Waals surface area contributed by atoms with Crippen LogP contribution in [0.2, 0.25) is 0 Å². The maximum Gasteiger partial charge on any atom is 0.181 e. The topological polar surface area (TPSA) is 38.9 Å². The summed E-state index contributed by atoms with van der Waals surface area (Å²) < 4.78 is 14.1. The van der Waals surface area contributed by atoms with Gasteiger partial charge in [0, 0.05) is 5.56 Å². The Morgan fingerprint density at radius 3 is 2.64 bits per heavy atom. The van der Waals surface area contributed by atoms with Gasteiger partial charge >= 0.3 is 0 Å². The maximum absolute atomic E-state index is 13.4. The molecule has 5 heteroatoms.